The molecule has 1 amide bonds. The van der Waals surface area contributed by atoms with E-state index in [0.717, 1.165) is 12.0 Å². The maximum atomic E-state index is 11.3. The summed E-state index contributed by atoms with van der Waals surface area (Å²) in [4.78, 5) is 19.2. The number of hydrogen-bond acceptors (Lipinski definition) is 3. The van der Waals surface area contributed by atoms with E-state index in [1.165, 1.54) is 6.33 Å². The predicted octanol–water partition coefficient (Wildman–Crippen LogP) is 1.97. The van der Waals surface area contributed by atoms with Crippen LogP contribution in [0.15, 0.2) is 6.33 Å². The molecule has 1 N–H and O–H groups in total. The van der Waals surface area contributed by atoms with Crippen LogP contribution in [0.5, 0.6) is 0 Å². The maximum Gasteiger partial charge on any atom is 0.226 e. The molecule has 0 aromatic carbocycles. The Balaban J connectivity index is 2.51. The van der Waals surface area contributed by atoms with Crippen LogP contribution in [0.25, 0.3) is 0 Å². The molecule has 1 atom stereocenters. The zero-order valence-electron chi connectivity index (χ0n) is 7.75. The number of carbonyl (C=O) groups is 1. The highest BCUT2D eigenvalue weighted by atomic mass is 35.5. The molecule has 0 radical (unpaired) electrons. The van der Waals surface area contributed by atoms with Crippen molar-refractivity contribution < 1.29 is 4.79 Å². The molecule has 5 heteroatoms. The van der Waals surface area contributed by atoms with E-state index in [1.54, 1.807) is 0 Å². The number of hydrogen-bond donors (Lipinski definition) is 1. The lowest BCUT2D eigenvalue weighted by Crippen LogP contribution is -2.24. The van der Waals surface area contributed by atoms with Gasteiger partial charge in [-0.2, -0.15) is 0 Å². The summed E-state index contributed by atoms with van der Waals surface area (Å²) in [5.41, 5.74) is 0.872. The third-order valence-corrected chi connectivity index (χ3v) is 2.73. The van der Waals surface area contributed by atoms with Gasteiger partial charge in [0.1, 0.15) is 17.3 Å². The van der Waals surface area contributed by atoms with Crippen molar-refractivity contribution in [2.45, 2.75) is 25.7 Å². The monoisotopic (exact) mass is 211 g/mol. The fourth-order valence-corrected chi connectivity index (χ4v) is 1.98. The third kappa shape index (κ3) is 1.46. The molecule has 0 unspecified atom stereocenters. The van der Waals surface area contributed by atoms with E-state index in [0.29, 0.717) is 17.4 Å². The zero-order valence-corrected chi connectivity index (χ0v) is 8.51. The Morgan fingerprint density at radius 1 is 1.64 bits per heavy atom. The number of aromatic nitrogens is 2. The number of carbonyl (C=O) groups excluding carboxylic acids is 1. The van der Waals surface area contributed by atoms with Crippen LogP contribution >= 0.6 is 11.6 Å². The molecule has 1 aliphatic rings. The molecule has 1 aromatic heterocycles. The lowest BCUT2D eigenvalue weighted by molar-refractivity contribution is -0.116. The minimum Gasteiger partial charge on any atom is -0.310 e. The number of fused-ring (bicyclic) bond motifs is 1. The Labute approximate surface area is 86.7 Å². The van der Waals surface area contributed by atoms with Crippen LogP contribution in [0.4, 0.5) is 5.82 Å². The first-order valence-electron chi connectivity index (χ1n) is 4.52. The number of anilines is 1. The smallest absolute Gasteiger partial charge is 0.226 e. The van der Waals surface area contributed by atoms with E-state index < -0.39 is 0 Å². The number of rotatable bonds is 1. The fourth-order valence-electron chi connectivity index (χ4n) is 1.69. The highest BCUT2D eigenvalue weighted by Gasteiger charge is 2.27. The molecule has 0 aliphatic carbocycles. The van der Waals surface area contributed by atoms with Crippen LogP contribution in [-0.4, -0.2) is 15.9 Å². The summed E-state index contributed by atoms with van der Waals surface area (Å²) in [5.74, 6) is 0.708. The van der Waals surface area contributed by atoms with Crippen molar-refractivity contribution in [3.63, 3.8) is 0 Å². The minimum absolute atomic E-state index is 0.000818. The molecular formula is C9H10ClN3O. The van der Waals surface area contributed by atoms with Crippen LogP contribution in [0.2, 0.25) is 5.15 Å². The van der Waals surface area contributed by atoms with Gasteiger partial charge in [0.25, 0.3) is 0 Å². The first kappa shape index (κ1) is 9.40. The van der Waals surface area contributed by atoms with E-state index in [1.807, 2.05) is 6.92 Å². The fraction of sp³-hybridized carbons (Fsp3) is 0.444. The van der Waals surface area contributed by atoms with E-state index in [4.69, 9.17) is 11.6 Å². The van der Waals surface area contributed by atoms with Crippen molar-refractivity contribution in [2.24, 2.45) is 0 Å². The SMILES string of the molecule is CC[C@H]1CC(=O)Nc2ncnc(Cl)c21. The second-order valence-corrected chi connectivity index (χ2v) is 3.64. The molecule has 0 bridgehead atoms. The van der Waals surface area contributed by atoms with Crippen molar-refractivity contribution in [1.29, 1.82) is 0 Å². The first-order valence-corrected chi connectivity index (χ1v) is 4.90. The van der Waals surface area contributed by atoms with E-state index in [-0.39, 0.29) is 11.8 Å². The number of halogens is 1. The second kappa shape index (κ2) is 3.53. The van der Waals surface area contributed by atoms with Gasteiger partial charge in [0.15, 0.2) is 0 Å². The van der Waals surface area contributed by atoms with Gasteiger partial charge in [0, 0.05) is 12.0 Å². The van der Waals surface area contributed by atoms with Crippen LogP contribution in [0.1, 0.15) is 31.2 Å². The average Bonchev–Trinajstić information content (AvgIpc) is 2.16. The Kier molecular flexibility index (Phi) is 2.37. The molecule has 2 heterocycles. The van der Waals surface area contributed by atoms with E-state index >= 15 is 0 Å². The highest BCUT2D eigenvalue weighted by molar-refractivity contribution is 6.30. The van der Waals surface area contributed by atoms with Gasteiger partial charge in [-0.05, 0) is 12.3 Å². The first-order chi connectivity index (χ1) is 6.72. The summed E-state index contributed by atoms with van der Waals surface area (Å²) in [7, 11) is 0. The average molecular weight is 212 g/mol. The molecule has 2 rings (SSSR count). The molecular weight excluding hydrogens is 202 g/mol. The minimum atomic E-state index is -0.000818. The molecule has 1 aliphatic heterocycles. The van der Waals surface area contributed by atoms with Gasteiger partial charge in [-0.3, -0.25) is 4.79 Å². The number of nitrogens with zero attached hydrogens (tertiary/aromatic N) is 2. The maximum absolute atomic E-state index is 11.3. The van der Waals surface area contributed by atoms with Crippen LogP contribution in [0, 0.1) is 0 Å². The normalized spacial score (nSPS) is 20.1. The topological polar surface area (TPSA) is 54.9 Å². The molecule has 0 saturated carbocycles. The number of nitrogens with one attached hydrogen (secondary N) is 1. The Morgan fingerprint density at radius 3 is 3.14 bits per heavy atom. The lowest BCUT2D eigenvalue weighted by Gasteiger charge is -2.23. The molecule has 14 heavy (non-hydrogen) atoms. The standard InChI is InChI=1S/C9H10ClN3O/c1-2-5-3-6(14)13-9-7(5)8(10)11-4-12-9/h4-5H,2-3H2,1H3,(H,11,12,13,14)/t5-/m0/s1. The molecule has 0 saturated heterocycles. The van der Waals surface area contributed by atoms with Crippen molar-refractivity contribution in [3.05, 3.63) is 17.0 Å². The Bertz CT molecular complexity index is 380. The molecule has 4 nitrogen and oxygen atoms in total. The van der Waals surface area contributed by atoms with Crippen molar-refractivity contribution in [2.75, 3.05) is 5.32 Å². The molecule has 0 fully saturated rings. The molecule has 1 aromatic rings. The summed E-state index contributed by atoms with van der Waals surface area (Å²) in [5, 5.41) is 3.14. The molecule has 0 spiro atoms. The summed E-state index contributed by atoms with van der Waals surface area (Å²) < 4.78 is 0. The second-order valence-electron chi connectivity index (χ2n) is 3.28. The quantitative estimate of drug-likeness (QED) is 0.723. The van der Waals surface area contributed by atoms with Gasteiger partial charge >= 0.3 is 0 Å². The van der Waals surface area contributed by atoms with Crippen molar-refractivity contribution >= 4 is 23.3 Å². The summed E-state index contributed by atoms with van der Waals surface area (Å²) in [6.07, 6.45) is 2.70. The van der Waals surface area contributed by atoms with Gasteiger partial charge < -0.3 is 5.32 Å². The van der Waals surface area contributed by atoms with Crippen molar-refractivity contribution in [3.8, 4) is 0 Å². The number of amides is 1. The van der Waals surface area contributed by atoms with Gasteiger partial charge in [-0.1, -0.05) is 18.5 Å². The van der Waals surface area contributed by atoms with Crippen molar-refractivity contribution in [1.82, 2.24) is 9.97 Å². The summed E-state index contributed by atoms with van der Waals surface area (Å²) in [6.45, 7) is 2.02. The summed E-state index contributed by atoms with van der Waals surface area (Å²) >= 11 is 5.96. The molecule has 74 valence electrons. The summed E-state index contributed by atoms with van der Waals surface area (Å²) in [6, 6.07) is 0. The lowest BCUT2D eigenvalue weighted by atomic mass is 9.91. The van der Waals surface area contributed by atoms with Crippen LogP contribution in [0.3, 0.4) is 0 Å². The van der Waals surface area contributed by atoms with Gasteiger partial charge in [0.05, 0.1) is 0 Å². The highest BCUT2D eigenvalue weighted by Crippen LogP contribution is 2.36. The van der Waals surface area contributed by atoms with Gasteiger partial charge in [-0.25, -0.2) is 9.97 Å². The van der Waals surface area contributed by atoms with E-state index in [9.17, 15) is 4.79 Å². The van der Waals surface area contributed by atoms with Gasteiger partial charge in [0.2, 0.25) is 5.91 Å². The third-order valence-electron chi connectivity index (χ3n) is 2.43. The largest absolute Gasteiger partial charge is 0.310 e. The zero-order chi connectivity index (χ0) is 10.1. The van der Waals surface area contributed by atoms with Gasteiger partial charge in [-0.15, -0.1) is 0 Å². The Morgan fingerprint density at radius 2 is 2.43 bits per heavy atom. The Hall–Kier alpha value is -1.16. The van der Waals surface area contributed by atoms with E-state index in [2.05, 4.69) is 15.3 Å². The predicted molar refractivity (Wildman–Crippen MR) is 53.3 cm³/mol. The van der Waals surface area contributed by atoms with Crippen LogP contribution in [-0.2, 0) is 4.79 Å². The van der Waals surface area contributed by atoms with Crippen LogP contribution < -0.4 is 5.32 Å².